The summed E-state index contributed by atoms with van der Waals surface area (Å²) in [4.78, 5) is 54.4. The van der Waals surface area contributed by atoms with Gasteiger partial charge in [-0.05, 0) is 56.5 Å². The number of aromatic hydroxyl groups is 1. The molecule has 10 nitrogen and oxygen atoms in total. The Morgan fingerprint density at radius 1 is 1.10 bits per heavy atom. The van der Waals surface area contributed by atoms with Crippen molar-refractivity contribution in [3.8, 4) is 5.75 Å². The number of Topliss-reactive ketones (excluding diaryl/α,β-unsaturated/α-hetero) is 3. The van der Waals surface area contributed by atoms with Gasteiger partial charge in [-0.2, -0.15) is 0 Å². The predicted molar refractivity (Wildman–Crippen MR) is 140 cm³/mol. The normalized spacial score (nSPS) is 33.0. The van der Waals surface area contributed by atoms with Crippen LogP contribution < -0.4 is 5.73 Å². The van der Waals surface area contributed by atoms with Gasteiger partial charge in [0.15, 0.2) is 17.2 Å². The van der Waals surface area contributed by atoms with E-state index in [1.54, 1.807) is 25.1 Å². The minimum absolute atomic E-state index is 0.0180. The summed E-state index contributed by atoms with van der Waals surface area (Å²) in [6.45, 7) is 0. The lowest BCUT2D eigenvalue weighted by molar-refractivity contribution is -0.184. The fourth-order valence-corrected chi connectivity index (χ4v) is 7.63. The summed E-state index contributed by atoms with van der Waals surface area (Å²) >= 11 is 0. The highest BCUT2D eigenvalue weighted by molar-refractivity contribution is 6.25. The standard InChI is InChI=1S/C29H36N2O8/c1-31(2)23-17-12-14-11-16-15(19(33)10-13-6-4-3-5-7-13)8-9-18(32)21(16)24(34)20(14)26(36)29(17,39)27(37)22(25(23)35)28(30)38/h8-9,13-14,17,22-23,25,32,34-35,39H,3-7,10-12H2,1-2H3,(H2,30,38)/t14-,17-,22?,23-,25?,29-/m1/s1. The molecular weight excluding hydrogens is 504 g/mol. The van der Waals surface area contributed by atoms with Crippen LogP contribution in [0.2, 0.25) is 0 Å². The summed E-state index contributed by atoms with van der Waals surface area (Å²) in [7, 11) is 3.21. The van der Waals surface area contributed by atoms with E-state index in [-0.39, 0.29) is 41.4 Å². The largest absolute Gasteiger partial charge is 0.507 e. The molecule has 39 heavy (non-hydrogen) atoms. The van der Waals surface area contributed by atoms with Gasteiger partial charge in [-0.15, -0.1) is 0 Å². The first kappa shape index (κ1) is 27.5. The number of carbonyl (C=O) groups is 4. The number of primary amides is 1. The van der Waals surface area contributed by atoms with Crippen LogP contribution in [0.1, 0.15) is 66.4 Å². The number of nitrogens with two attached hydrogens (primary N) is 1. The molecule has 0 radical (unpaired) electrons. The Morgan fingerprint density at radius 2 is 1.77 bits per heavy atom. The molecule has 0 aromatic heterocycles. The van der Waals surface area contributed by atoms with Crippen LogP contribution in [-0.2, 0) is 20.8 Å². The second kappa shape index (κ2) is 9.83. The molecule has 0 spiro atoms. The molecule has 10 heteroatoms. The number of likely N-dealkylation sites (N-methyl/N-ethyl adjacent to an activating group) is 1. The number of aliphatic hydroxyl groups is 3. The number of hydrogen-bond donors (Lipinski definition) is 5. The van der Waals surface area contributed by atoms with Gasteiger partial charge in [-0.1, -0.05) is 32.1 Å². The van der Waals surface area contributed by atoms with Crippen molar-refractivity contribution in [2.24, 2.45) is 29.4 Å². The number of rotatable bonds is 5. The summed E-state index contributed by atoms with van der Waals surface area (Å²) in [5.74, 6) is -7.74. The van der Waals surface area contributed by atoms with Crippen molar-refractivity contribution in [3.63, 3.8) is 0 Å². The van der Waals surface area contributed by atoms with E-state index >= 15 is 0 Å². The zero-order chi connectivity index (χ0) is 28.4. The molecule has 4 aliphatic carbocycles. The Balaban J connectivity index is 1.60. The van der Waals surface area contributed by atoms with Gasteiger partial charge in [0.2, 0.25) is 11.7 Å². The molecule has 3 fully saturated rings. The zero-order valence-corrected chi connectivity index (χ0v) is 22.2. The first-order valence-electron chi connectivity index (χ1n) is 13.7. The van der Waals surface area contributed by atoms with Crippen LogP contribution in [0.15, 0.2) is 17.7 Å². The molecule has 1 aromatic carbocycles. The van der Waals surface area contributed by atoms with Crippen LogP contribution in [-0.4, -0.2) is 80.4 Å². The van der Waals surface area contributed by atoms with Gasteiger partial charge in [-0.3, -0.25) is 19.2 Å². The van der Waals surface area contributed by atoms with Crippen molar-refractivity contribution < 1.29 is 39.6 Å². The van der Waals surface area contributed by atoms with Crippen LogP contribution in [0.25, 0.3) is 5.76 Å². The fourth-order valence-electron chi connectivity index (χ4n) is 7.63. The number of phenols is 1. The van der Waals surface area contributed by atoms with Crippen LogP contribution in [0.5, 0.6) is 5.75 Å². The van der Waals surface area contributed by atoms with Crippen molar-refractivity contribution in [3.05, 3.63) is 34.4 Å². The van der Waals surface area contributed by atoms with E-state index in [1.807, 2.05) is 0 Å². The smallest absolute Gasteiger partial charge is 0.230 e. The van der Waals surface area contributed by atoms with Gasteiger partial charge in [-0.25, -0.2) is 0 Å². The Morgan fingerprint density at radius 3 is 2.38 bits per heavy atom. The summed E-state index contributed by atoms with van der Waals surface area (Å²) in [5.41, 5.74) is 3.24. The third-order valence-corrected chi connectivity index (χ3v) is 9.47. The molecule has 3 saturated carbocycles. The lowest BCUT2D eigenvalue weighted by atomic mass is 9.54. The van der Waals surface area contributed by atoms with Gasteiger partial charge in [0.1, 0.15) is 17.4 Å². The SMILES string of the molecule is CN(C)[C@H]1C(O)C(C(N)=O)C(=O)[C@]2(O)C(=O)C3=C(O)c4c(O)ccc(C(=O)CC5CCCCC5)c4C[C@@H]3C[C@H]12. The van der Waals surface area contributed by atoms with Crippen molar-refractivity contribution in [2.75, 3.05) is 14.1 Å². The maximum Gasteiger partial charge on any atom is 0.230 e. The van der Waals surface area contributed by atoms with E-state index in [2.05, 4.69) is 0 Å². The lowest BCUT2D eigenvalue weighted by Gasteiger charge is -2.53. The molecule has 2 unspecified atom stereocenters. The van der Waals surface area contributed by atoms with Crippen molar-refractivity contribution in [1.29, 1.82) is 0 Å². The maximum absolute atomic E-state index is 13.9. The second-order valence-electron chi connectivity index (χ2n) is 11.9. The third kappa shape index (κ3) is 4.11. The number of fused-ring (bicyclic) bond motifs is 3. The van der Waals surface area contributed by atoms with Gasteiger partial charge >= 0.3 is 0 Å². The number of hydrogen-bond acceptors (Lipinski definition) is 9. The minimum Gasteiger partial charge on any atom is -0.507 e. The Bertz CT molecular complexity index is 1280. The Hall–Kier alpha value is -3.08. The first-order valence-corrected chi connectivity index (χ1v) is 13.7. The first-order chi connectivity index (χ1) is 18.4. The molecule has 0 heterocycles. The van der Waals surface area contributed by atoms with E-state index in [9.17, 15) is 39.6 Å². The van der Waals surface area contributed by atoms with E-state index in [0.29, 0.717) is 17.5 Å². The molecular formula is C29H36N2O8. The average Bonchev–Trinajstić information content (AvgIpc) is 2.86. The molecule has 1 aromatic rings. The number of phenolic OH excluding ortho intramolecular Hbond substituents is 1. The molecule has 4 aliphatic rings. The molecule has 210 valence electrons. The highest BCUT2D eigenvalue weighted by Gasteiger charge is 2.67. The number of amides is 1. The lowest BCUT2D eigenvalue weighted by Crippen LogP contribution is -2.73. The zero-order valence-electron chi connectivity index (χ0n) is 22.2. The molecule has 0 aliphatic heterocycles. The van der Waals surface area contributed by atoms with E-state index in [0.717, 1.165) is 32.1 Å². The van der Waals surface area contributed by atoms with Gasteiger partial charge in [0, 0.05) is 29.5 Å². The molecule has 6 N–H and O–H groups in total. The number of aliphatic hydroxyl groups excluding tert-OH is 2. The summed E-state index contributed by atoms with van der Waals surface area (Å²) in [6, 6.07) is 1.89. The number of nitrogens with zero attached hydrogens (tertiary/aromatic N) is 1. The summed E-state index contributed by atoms with van der Waals surface area (Å²) < 4.78 is 0. The second-order valence-corrected chi connectivity index (χ2v) is 11.9. The van der Waals surface area contributed by atoms with Crippen molar-refractivity contribution >= 4 is 29.0 Å². The number of ketones is 3. The van der Waals surface area contributed by atoms with Crippen molar-refractivity contribution in [1.82, 2.24) is 4.90 Å². The molecule has 5 rings (SSSR count). The summed E-state index contributed by atoms with van der Waals surface area (Å²) in [6.07, 6.45) is 4.24. The number of benzene rings is 1. The maximum atomic E-state index is 13.9. The molecule has 0 bridgehead atoms. The third-order valence-electron chi connectivity index (χ3n) is 9.47. The van der Waals surface area contributed by atoms with E-state index in [4.69, 9.17) is 5.73 Å². The summed E-state index contributed by atoms with van der Waals surface area (Å²) in [5, 5.41) is 44.7. The number of carbonyl (C=O) groups excluding carboxylic acids is 4. The Labute approximate surface area is 226 Å². The van der Waals surface area contributed by atoms with E-state index < -0.39 is 58.7 Å². The fraction of sp³-hybridized carbons (Fsp3) is 0.586. The molecule has 0 saturated heterocycles. The van der Waals surface area contributed by atoms with Crippen LogP contribution in [0, 0.1) is 23.7 Å². The topological polar surface area (TPSA) is 178 Å². The molecule has 6 atom stereocenters. The van der Waals surface area contributed by atoms with E-state index in [1.165, 1.54) is 6.07 Å². The quantitative estimate of drug-likeness (QED) is 0.272. The monoisotopic (exact) mass is 540 g/mol. The highest BCUT2D eigenvalue weighted by Crippen LogP contribution is 2.52. The van der Waals surface area contributed by atoms with Crippen LogP contribution in [0.3, 0.4) is 0 Å². The van der Waals surface area contributed by atoms with Gasteiger partial charge < -0.3 is 31.1 Å². The van der Waals surface area contributed by atoms with Crippen molar-refractivity contribution in [2.45, 2.75) is 69.1 Å². The van der Waals surface area contributed by atoms with Crippen LogP contribution >= 0.6 is 0 Å². The molecule has 1 amide bonds. The van der Waals surface area contributed by atoms with Gasteiger partial charge in [0.25, 0.3) is 0 Å². The minimum atomic E-state index is -2.70. The predicted octanol–water partition coefficient (Wildman–Crippen LogP) is 1.28. The highest BCUT2D eigenvalue weighted by atomic mass is 16.3. The van der Waals surface area contributed by atoms with Crippen LogP contribution in [0.4, 0.5) is 0 Å². The van der Waals surface area contributed by atoms with Gasteiger partial charge in [0.05, 0.1) is 11.7 Å². The Kier molecular flexibility index (Phi) is 6.93. The average molecular weight is 541 g/mol.